The number of hydrazone groups is 1. The van der Waals surface area contributed by atoms with Crippen LogP contribution in [-0.4, -0.2) is 33.6 Å². The summed E-state index contributed by atoms with van der Waals surface area (Å²) in [5.74, 6) is -0.619. The van der Waals surface area contributed by atoms with Crippen molar-refractivity contribution in [2.45, 2.75) is 16.2 Å². The van der Waals surface area contributed by atoms with E-state index in [1.165, 1.54) is 42.9 Å². The maximum Gasteiger partial charge on any atom is 0.416 e. The molecule has 9 nitrogen and oxygen atoms in total. The smallest absolute Gasteiger partial charge is 0.376 e. The maximum absolute atomic E-state index is 12.7. The maximum atomic E-state index is 12.7. The van der Waals surface area contributed by atoms with Crippen LogP contribution < -0.4 is 10.7 Å². The first-order valence-corrected chi connectivity index (χ1v) is 10.0. The van der Waals surface area contributed by atoms with Gasteiger partial charge in [0.05, 0.1) is 28.1 Å². The van der Waals surface area contributed by atoms with Crippen molar-refractivity contribution in [3.05, 3.63) is 82.2 Å². The zero-order valence-corrected chi connectivity index (χ0v) is 17.4. The summed E-state index contributed by atoms with van der Waals surface area (Å²) in [7, 11) is 0. The van der Waals surface area contributed by atoms with E-state index in [0.717, 1.165) is 23.9 Å². The Kier molecular flexibility index (Phi) is 7.56. The summed E-state index contributed by atoms with van der Waals surface area (Å²) in [5.41, 5.74) is 1.65. The van der Waals surface area contributed by atoms with Gasteiger partial charge in [-0.15, -0.1) is 0 Å². The lowest BCUT2D eigenvalue weighted by molar-refractivity contribution is -0.387. The molecule has 0 saturated heterocycles. The highest BCUT2D eigenvalue weighted by Gasteiger charge is 2.30. The van der Waals surface area contributed by atoms with Gasteiger partial charge in [0.1, 0.15) is 0 Å². The third-order valence-corrected chi connectivity index (χ3v) is 4.93. The van der Waals surface area contributed by atoms with Crippen LogP contribution in [0, 0.1) is 10.1 Å². The highest BCUT2D eigenvalue weighted by molar-refractivity contribution is 7.99. The van der Waals surface area contributed by atoms with Crippen LogP contribution in [0.5, 0.6) is 0 Å². The lowest BCUT2D eigenvalue weighted by atomic mass is 10.2. The molecule has 2 aromatic carbocycles. The number of nitro groups is 1. The van der Waals surface area contributed by atoms with Gasteiger partial charge in [0.25, 0.3) is 11.6 Å². The molecular weight excluding hydrogens is 461 g/mol. The number of nitro benzene ring substituents is 1. The number of aromatic nitrogens is 2. The van der Waals surface area contributed by atoms with Crippen LogP contribution >= 0.6 is 11.8 Å². The third kappa shape index (κ3) is 7.00. The third-order valence-electron chi connectivity index (χ3n) is 3.97. The fraction of sp³-hybridized carbons (Fsp3) is 0.100. The van der Waals surface area contributed by atoms with Crippen molar-refractivity contribution in [3.63, 3.8) is 0 Å². The molecule has 0 saturated carbocycles. The minimum absolute atomic E-state index is 0.120. The standard InChI is InChI=1S/C20H15F3N6O3S/c21-20(22,23)14-3-1-4-15(10-14)26-12-18(30)28-27-11-13-5-6-17(16(9-13)29(31)32)33-19-24-7-2-8-25-19/h1-11,26H,12H2,(H,28,30)/b27-11+. The van der Waals surface area contributed by atoms with Crippen LogP contribution in [0.2, 0.25) is 0 Å². The van der Waals surface area contributed by atoms with Gasteiger partial charge in [-0.25, -0.2) is 15.4 Å². The fourth-order valence-corrected chi connectivity index (χ4v) is 3.28. The van der Waals surface area contributed by atoms with Gasteiger partial charge in [-0.1, -0.05) is 12.1 Å². The molecule has 170 valence electrons. The minimum atomic E-state index is -4.49. The predicted molar refractivity (Wildman–Crippen MR) is 115 cm³/mol. The van der Waals surface area contributed by atoms with Crippen LogP contribution in [-0.2, 0) is 11.0 Å². The Bertz CT molecular complexity index is 1180. The molecule has 0 spiro atoms. The molecule has 1 heterocycles. The van der Waals surface area contributed by atoms with Crippen molar-refractivity contribution in [3.8, 4) is 0 Å². The van der Waals surface area contributed by atoms with Crippen LogP contribution in [0.3, 0.4) is 0 Å². The van der Waals surface area contributed by atoms with Gasteiger partial charge in [0.2, 0.25) is 0 Å². The monoisotopic (exact) mass is 476 g/mol. The Morgan fingerprint density at radius 3 is 2.61 bits per heavy atom. The average Bonchev–Trinajstić information content (AvgIpc) is 2.79. The van der Waals surface area contributed by atoms with Gasteiger partial charge in [-0.05, 0) is 42.1 Å². The lowest BCUT2D eigenvalue weighted by Crippen LogP contribution is -2.26. The van der Waals surface area contributed by atoms with Gasteiger partial charge < -0.3 is 5.32 Å². The zero-order chi connectivity index (χ0) is 23.8. The van der Waals surface area contributed by atoms with Crippen LogP contribution in [0.25, 0.3) is 0 Å². The molecule has 0 unspecified atom stereocenters. The number of anilines is 1. The Balaban J connectivity index is 1.59. The SMILES string of the molecule is O=C(CNc1cccc(C(F)(F)F)c1)N/N=C/c1ccc(Sc2ncccn2)c([N+](=O)[O-])c1. The summed E-state index contributed by atoms with van der Waals surface area (Å²) in [4.78, 5) is 31.1. The van der Waals surface area contributed by atoms with Crippen molar-refractivity contribution >= 4 is 35.3 Å². The Morgan fingerprint density at radius 1 is 1.15 bits per heavy atom. The topological polar surface area (TPSA) is 122 Å². The first-order valence-electron chi connectivity index (χ1n) is 9.19. The number of hydrogen-bond donors (Lipinski definition) is 2. The Labute approximate surface area is 189 Å². The highest BCUT2D eigenvalue weighted by Crippen LogP contribution is 2.33. The summed E-state index contributed by atoms with van der Waals surface area (Å²) < 4.78 is 38.2. The molecule has 2 N–H and O–H groups in total. The molecule has 0 radical (unpaired) electrons. The van der Waals surface area contributed by atoms with Gasteiger partial charge in [0.15, 0.2) is 5.16 Å². The molecule has 0 atom stereocenters. The van der Waals surface area contributed by atoms with Gasteiger partial charge >= 0.3 is 6.18 Å². The quantitative estimate of drug-likeness (QED) is 0.217. The van der Waals surface area contributed by atoms with Crippen LogP contribution in [0.4, 0.5) is 24.5 Å². The number of nitrogens with one attached hydrogen (secondary N) is 2. The zero-order valence-electron chi connectivity index (χ0n) is 16.6. The largest absolute Gasteiger partial charge is 0.416 e. The summed E-state index contributed by atoms with van der Waals surface area (Å²) in [5, 5.41) is 18.1. The predicted octanol–water partition coefficient (Wildman–Crippen LogP) is 4.12. The minimum Gasteiger partial charge on any atom is -0.376 e. The van der Waals surface area contributed by atoms with E-state index in [1.54, 1.807) is 12.1 Å². The number of rotatable bonds is 8. The Hall–Kier alpha value is -4.00. The number of carbonyl (C=O) groups excluding carboxylic acids is 1. The molecule has 1 amide bonds. The fourth-order valence-electron chi connectivity index (χ4n) is 2.49. The van der Waals surface area contributed by atoms with E-state index in [1.807, 2.05) is 0 Å². The van der Waals surface area contributed by atoms with Crippen molar-refractivity contribution in [2.75, 3.05) is 11.9 Å². The molecule has 3 aromatic rings. The molecule has 33 heavy (non-hydrogen) atoms. The molecule has 13 heteroatoms. The van der Waals surface area contributed by atoms with E-state index < -0.39 is 22.6 Å². The molecule has 0 aliphatic rings. The summed E-state index contributed by atoms with van der Waals surface area (Å²) in [6, 6.07) is 10.4. The average molecular weight is 476 g/mol. The second-order valence-electron chi connectivity index (χ2n) is 6.34. The number of amides is 1. The summed E-state index contributed by atoms with van der Waals surface area (Å²) >= 11 is 1.03. The molecule has 0 fully saturated rings. The molecule has 3 rings (SSSR count). The van der Waals surface area contributed by atoms with Crippen molar-refractivity contribution in [1.82, 2.24) is 15.4 Å². The molecule has 1 aromatic heterocycles. The van der Waals surface area contributed by atoms with Crippen molar-refractivity contribution in [2.24, 2.45) is 5.10 Å². The number of hydrogen-bond acceptors (Lipinski definition) is 8. The molecule has 0 aliphatic heterocycles. The lowest BCUT2D eigenvalue weighted by Gasteiger charge is -2.10. The summed E-state index contributed by atoms with van der Waals surface area (Å²) in [6.45, 7) is -0.328. The second kappa shape index (κ2) is 10.5. The van der Waals surface area contributed by atoms with E-state index in [2.05, 4.69) is 25.8 Å². The van der Waals surface area contributed by atoms with E-state index in [0.29, 0.717) is 15.6 Å². The number of halogens is 3. The molecular formula is C20H15F3N6O3S. The number of alkyl halides is 3. The van der Waals surface area contributed by atoms with E-state index in [-0.39, 0.29) is 17.9 Å². The normalized spacial score (nSPS) is 11.4. The Morgan fingerprint density at radius 2 is 1.91 bits per heavy atom. The van der Waals surface area contributed by atoms with Gasteiger partial charge in [0, 0.05) is 29.7 Å². The van der Waals surface area contributed by atoms with Gasteiger partial charge in [-0.3, -0.25) is 14.9 Å². The highest BCUT2D eigenvalue weighted by atomic mass is 32.2. The summed E-state index contributed by atoms with van der Waals surface area (Å²) in [6.07, 6.45) is -0.239. The number of carbonyl (C=O) groups is 1. The number of nitrogens with zero attached hydrogens (tertiary/aromatic N) is 4. The molecule has 0 aliphatic carbocycles. The van der Waals surface area contributed by atoms with Gasteiger partial charge in [-0.2, -0.15) is 18.3 Å². The van der Waals surface area contributed by atoms with Crippen molar-refractivity contribution < 1.29 is 22.9 Å². The molecule has 0 bridgehead atoms. The first-order chi connectivity index (χ1) is 15.7. The first kappa shape index (κ1) is 23.7. The van der Waals surface area contributed by atoms with E-state index >= 15 is 0 Å². The van der Waals surface area contributed by atoms with Crippen LogP contribution in [0.15, 0.2) is 76.1 Å². The number of benzene rings is 2. The van der Waals surface area contributed by atoms with E-state index in [4.69, 9.17) is 0 Å². The van der Waals surface area contributed by atoms with E-state index in [9.17, 15) is 28.1 Å². The van der Waals surface area contributed by atoms with Crippen molar-refractivity contribution in [1.29, 1.82) is 0 Å². The second-order valence-corrected chi connectivity index (χ2v) is 7.35. The van der Waals surface area contributed by atoms with Crippen LogP contribution in [0.1, 0.15) is 11.1 Å².